The number of carbonyl (C=O) groups excluding carboxylic acids is 2. The van der Waals surface area contributed by atoms with E-state index in [4.69, 9.17) is 16.3 Å². The Bertz CT molecular complexity index is 1440. The van der Waals surface area contributed by atoms with Crippen LogP contribution >= 0.6 is 11.6 Å². The third-order valence-corrected chi connectivity index (χ3v) is 7.22. The number of nitrogens with zero attached hydrogens (tertiary/aromatic N) is 2. The fourth-order valence-corrected chi connectivity index (χ4v) is 5.25. The highest BCUT2D eigenvalue weighted by molar-refractivity contribution is 6.30. The highest BCUT2D eigenvalue weighted by atomic mass is 35.5. The van der Waals surface area contributed by atoms with Crippen LogP contribution in [0.2, 0.25) is 5.02 Å². The van der Waals surface area contributed by atoms with Gasteiger partial charge in [0.05, 0.1) is 16.7 Å². The molecular formula is C27H25ClFN3O5. The van der Waals surface area contributed by atoms with Gasteiger partial charge in [-0.3, -0.25) is 14.4 Å². The molecular weight excluding hydrogens is 501 g/mol. The Labute approximate surface area is 217 Å². The van der Waals surface area contributed by atoms with Gasteiger partial charge in [-0.05, 0) is 24.5 Å². The van der Waals surface area contributed by atoms with E-state index in [2.05, 4.69) is 5.32 Å². The van der Waals surface area contributed by atoms with Crippen LogP contribution in [0, 0.1) is 5.82 Å². The van der Waals surface area contributed by atoms with Gasteiger partial charge in [-0.2, -0.15) is 0 Å². The van der Waals surface area contributed by atoms with Crippen LogP contribution in [0.3, 0.4) is 0 Å². The van der Waals surface area contributed by atoms with Gasteiger partial charge in [0.1, 0.15) is 18.0 Å². The number of hydrogen-bond acceptors (Lipinski definition) is 5. The number of likely N-dealkylation sites (N-methyl/N-ethyl adjacent to an activating group) is 1. The summed E-state index contributed by atoms with van der Waals surface area (Å²) in [6.07, 6.45) is 1.50. The van der Waals surface area contributed by atoms with E-state index < -0.39 is 34.7 Å². The summed E-state index contributed by atoms with van der Waals surface area (Å²) in [5.74, 6) is -2.05. The number of ether oxygens (including phenoxy) is 1. The molecule has 8 nitrogen and oxygen atoms in total. The number of halogens is 2. The monoisotopic (exact) mass is 525 g/mol. The minimum absolute atomic E-state index is 0.00843. The number of aromatic nitrogens is 1. The van der Waals surface area contributed by atoms with Gasteiger partial charge in [0, 0.05) is 31.9 Å². The van der Waals surface area contributed by atoms with Gasteiger partial charge < -0.3 is 24.6 Å². The van der Waals surface area contributed by atoms with Gasteiger partial charge in [-0.1, -0.05) is 54.1 Å². The van der Waals surface area contributed by atoms with E-state index in [1.807, 2.05) is 30.3 Å². The number of amides is 2. The molecule has 37 heavy (non-hydrogen) atoms. The molecule has 0 radical (unpaired) electrons. The molecule has 0 unspecified atom stereocenters. The van der Waals surface area contributed by atoms with E-state index in [0.717, 1.165) is 5.56 Å². The maximum absolute atomic E-state index is 14.3. The highest BCUT2D eigenvalue weighted by Crippen LogP contribution is 2.44. The average molecular weight is 526 g/mol. The summed E-state index contributed by atoms with van der Waals surface area (Å²) in [5.41, 5.74) is -0.687. The molecule has 2 aromatic carbocycles. The highest BCUT2D eigenvalue weighted by Gasteiger charge is 2.51. The van der Waals surface area contributed by atoms with Gasteiger partial charge in [0.25, 0.3) is 11.8 Å². The summed E-state index contributed by atoms with van der Waals surface area (Å²) in [7, 11) is 1.63. The molecule has 0 atom stereocenters. The van der Waals surface area contributed by atoms with Crippen LogP contribution in [0.1, 0.15) is 44.8 Å². The molecule has 2 N–H and O–H groups in total. The normalized spacial score (nSPS) is 20.4. The van der Waals surface area contributed by atoms with Crippen molar-refractivity contribution in [2.75, 3.05) is 13.6 Å². The van der Waals surface area contributed by atoms with Crippen molar-refractivity contribution in [3.63, 3.8) is 0 Å². The molecule has 2 heterocycles. The van der Waals surface area contributed by atoms with Crippen LogP contribution < -0.4 is 15.5 Å². The van der Waals surface area contributed by atoms with E-state index in [1.54, 1.807) is 17.7 Å². The quantitative estimate of drug-likeness (QED) is 0.515. The minimum Gasteiger partial charge on any atom is -0.483 e. The third-order valence-electron chi connectivity index (χ3n) is 6.93. The van der Waals surface area contributed by atoms with Crippen LogP contribution in [0.25, 0.3) is 0 Å². The number of hydrogen-bond donors (Lipinski definition) is 2. The van der Waals surface area contributed by atoms with E-state index in [9.17, 15) is 23.9 Å². The van der Waals surface area contributed by atoms with Gasteiger partial charge in [0.15, 0.2) is 11.4 Å². The molecule has 0 saturated heterocycles. The van der Waals surface area contributed by atoms with Crippen LogP contribution in [0.4, 0.5) is 4.39 Å². The molecule has 5 rings (SSSR count). The number of rotatable bonds is 6. The summed E-state index contributed by atoms with van der Waals surface area (Å²) in [5, 5.41) is 12.6. The number of carbonyl (C=O) groups is 2. The average Bonchev–Trinajstić information content (AvgIpc) is 2.86. The van der Waals surface area contributed by atoms with Crippen molar-refractivity contribution in [3.8, 4) is 5.75 Å². The zero-order valence-electron chi connectivity index (χ0n) is 20.0. The van der Waals surface area contributed by atoms with Crippen LogP contribution in [-0.2, 0) is 18.7 Å². The Morgan fingerprint density at radius 1 is 1.19 bits per heavy atom. The zero-order chi connectivity index (χ0) is 26.3. The van der Waals surface area contributed by atoms with Crippen molar-refractivity contribution in [3.05, 3.63) is 98.2 Å². The Kier molecular flexibility index (Phi) is 6.51. The Balaban J connectivity index is 1.56. The lowest BCUT2D eigenvalue weighted by molar-refractivity contribution is -0.0455. The first-order valence-corrected chi connectivity index (χ1v) is 12.2. The minimum atomic E-state index is -0.745. The van der Waals surface area contributed by atoms with Crippen LogP contribution in [-0.4, -0.2) is 46.1 Å². The van der Waals surface area contributed by atoms with Gasteiger partial charge in [-0.25, -0.2) is 4.39 Å². The molecule has 1 saturated carbocycles. The van der Waals surface area contributed by atoms with Gasteiger partial charge in [0.2, 0.25) is 5.43 Å². The molecule has 3 aromatic rings. The number of aliphatic hydroxyl groups is 1. The third kappa shape index (κ3) is 4.49. The fraction of sp³-hybridized carbons (Fsp3) is 0.296. The molecule has 1 aliphatic carbocycles. The van der Waals surface area contributed by atoms with E-state index >= 15 is 0 Å². The Morgan fingerprint density at radius 2 is 1.92 bits per heavy atom. The maximum Gasteiger partial charge on any atom is 0.274 e. The van der Waals surface area contributed by atoms with Crippen molar-refractivity contribution in [2.45, 2.75) is 37.6 Å². The fourth-order valence-electron chi connectivity index (χ4n) is 5.06. The molecule has 1 spiro atoms. The molecule has 1 aliphatic heterocycles. The topological polar surface area (TPSA) is 101 Å². The first kappa shape index (κ1) is 25.0. The molecule has 192 valence electrons. The molecule has 10 heteroatoms. The first-order valence-electron chi connectivity index (χ1n) is 11.8. The van der Waals surface area contributed by atoms with Crippen molar-refractivity contribution in [1.29, 1.82) is 0 Å². The van der Waals surface area contributed by atoms with Gasteiger partial charge >= 0.3 is 0 Å². The summed E-state index contributed by atoms with van der Waals surface area (Å²) >= 11 is 5.83. The Morgan fingerprint density at radius 3 is 2.62 bits per heavy atom. The number of benzene rings is 2. The molecule has 2 amide bonds. The van der Waals surface area contributed by atoms with Crippen molar-refractivity contribution >= 4 is 23.4 Å². The predicted molar refractivity (Wildman–Crippen MR) is 134 cm³/mol. The summed E-state index contributed by atoms with van der Waals surface area (Å²) in [6, 6.07) is 13.6. The van der Waals surface area contributed by atoms with Crippen molar-refractivity contribution < 1.29 is 23.8 Å². The van der Waals surface area contributed by atoms with E-state index in [0.29, 0.717) is 19.4 Å². The molecule has 2 aliphatic rings. The lowest BCUT2D eigenvalue weighted by Gasteiger charge is -2.52. The van der Waals surface area contributed by atoms with Gasteiger partial charge in [-0.15, -0.1) is 0 Å². The molecule has 0 bridgehead atoms. The second kappa shape index (κ2) is 9.64. The maximum atomic E-state index is 14.3. The van der Waals surface area contributed by atoms with E-state index in [-0.39, 0.29) is 40.7 Å². The predicted octanol–water partition coefficient (Wildman–Crippen LogP) is 3.09. The standard InChI is InChI=1S/C27H25ClFN3O5/c1-31-15-27(10-18(33)11-27)32-13-19(25(35)30-12-17-8-5-9-20(28)21(17)29)23(34)24(22(32)26(31)36)37-14-16-6-3-2-4-7-16/h2-9,13,18,33H,10-12,14-15H2,1H3,(H,30,35)/t18-,27-. The second-order valence-corrected chi connectivity index (χ2v) is 9.94. The van der Waals surface area contributed by atoms with Crippen molar-refractivity contribution in [2.24, 2.45) is 0 Å². The lowest BCUT2D eigenvalue weighted by atomic mass is 9.72. The Hall–Kier alpha value is -3.69. The molecule has 1 aromatic heterocycles. The zero-order valence-corrected chi connectivity index (χ0v) is 20.8. The SMILES string of the molecule is CN1C[C@]2(C[C@@H](O)C2)n2cc(C(=O)NCc3cccc(Cl)c3F)c(=O)c(OCc3ccccc3)c2C1=O. The summed E-state index contributed by atoms with van der Waals surface area (Å²) in [4.78, 5) is 41.5. The van der Waals surface area contributed by atoms with E-state index in [1.165, 1.54) is 23.2 Å². The summed E-state index contributed by atoms with van der Waals surface area (Å²) < 4.78 is 21.8. The van der Waals surface area contributed by atoms with Crippen LogP contribution in [0.5, 0.6) is 5.75 Å². The first-order chi connectivity index (χ1) is 17.7. The number of aliphatic hydroxyl groups excluding tert-OH is 1. The molecule has 1 fully saturated rings. The van der Waals surface area contributed by atoms with Crippen molar-refractivity contribution in [1.82, 2.24) is 14.8 Å². The number of nitrogens with one attached hydrogen (secondary N) is 1. The number of fused-ring (bicyclic) bond motifs is 2. The number of pyridine rings is 1. The smallest absolute Gasteiger partial charge is 0.274 e. The van der Waals surface area contributed by atoms with Crippen LogP contribution in [0.15, 0.2) is 59.5 Å². The largest absolute Gasteiger partial charge is 0.483 e. The second-order valence-electron chi connectivity index (χ2n) is 9.54. The summed E-state index contributed by atoms with van der Waals surface area (Å²) in [6.45, 7) is 0.123. The lowest BCUT2D eigenvalue weighted by Crippen LogP contribution is -2.61.